The predicted octanol–water partition coefficient (Wildman–Crippen LogP) is 6.31. The number of carbonyl (C=O) groups excluding carboxylic acids is 1. The zero-order chi connectivity index (χ0) is 22.7. The van der Waals surface area contributed by atoms with Gasteiger partial charge in [-0.25, -0.2) is 0 Å². The average molecular weight is 491 g/mol. The summed E-state index contributed by atoms with van der Waals surface area (Å²) in [5.41, 5.74) is 2.31. The minimum atomic E-state index is -0.285. The highest BCUT2D eigenvalue weighted by molar-refractivity contribution is 6.43. The monoisotopic (exact) mass is 489 g/mol. The molecule has 166 valence electrons. The molecule has 0 spiro atoms. The van der Waals surface area contributed by atoms with Crippen molar-refractivity contribution in [2.45, 2.75) is 0 Å². The van der Waals surface area contributed by atoms with Gasteiger partial charge in [-0.3, -0.25) is 4.79 Å². The van der Waals surface area contributed by atoms with Gasteiger partial charge < -0.3 is 19.5 Å². The van der Waals surface area contributed by atoms with Crippen molar-refractivity contribution < 1.29 is 9.21 Å². The molecule has 1 N–H and O–H groups in total. The van der Waals surface area contributed by atoms with Crippen LogP contribution in [0.4, 0.5) is 11.4 Å². The largest absolute Gasteiger partial charge is 0.457 e. The molecule has 1 fully saturated rings. The molecule has 0 unspecified atom stereocenters. The smallest absolute Gasteiger partial charge is 0.248 e. The standard InChI is InChI=1S/C24H22Cl3N3O2/c1-29-11-13-30(14-12-29)21-8-5-16(15-20(21)26)28-23(31)10-7-17-6-9-22(32-17)18-3-2-4-19(25)24(18)27/h2-10,15H,11-14H2,1H3,(H,28,31)/b10-7+. The average Bonchev–Trinajstić information content (AvgIpc) is 3.24. The van der Waals surface area contributed by atoms with E-state index in [0.717, 1.165) is 31.9 Å². The number of nitrogens with zero attached hydrogens (tertiary/aromatic N) is 2. The number of carbonyl (C=O) groups is 1. The Morgan fingerprint density at radius 1 is 1.00 bits per heavy atom. The zero-order valence-corrected chi connectivity index (χ0v) is 19.7. The summed E-state index contributed by atoms with van der Waals surface area (Å²) in [5, 5.41) is 4.32. The van der Waals surface area contributed by atoms with Crippen molar-refractivity contribution in [1.29, 1.82) is 0 Å². The third-order valence-corrected chi connectivity index (χ3v) is 6.42. The van der Waals surface area contributed by atoms with E-state index in [9.17, 15) is 4.79 Å². The van der Waals surface area contributed by atoms with Gasteiger partial charge in [-0.1, -0.05) is 40.9 Å². The van der Waals surface area contributed by atoms with Gasteiger partial charge in [0.15, 0.2) is 0 Å². The highest BCUT2D eigenvalue weighted by atomic mass is 35.5. The summed E-state index contributed by atoms with van der Waals surface area (Å²) in [6.45, 7) is 3.85. The van der Waals surface area contributed by atoms with Gasteiger partial charge in [-0.15, -0.1) is 0 Å². The van der Waals surface area contributed by atoms with Crippen LogP contribution in [0.5, 0.6) is 0 Å². The van der Waals surface area contributed by atoms with Crippen molar-refractivity contribution in [1.82, 2.24) is 4.90 Å². The summed E-state index contributed by atoms with van der Waals surface area (Å²) >= 11 is 18.8. The fraction of sp³-hybridized carbons (Fsp3) is 0.208. The van der Waals surface area contributed by atoms with Crippen LogP contribution in [0.25, 0.3) is 17.4 Å². The number of rotatable bonds is 5. The molecule has 1 saturated heterocycles. The van der Waals surface area contributed by atoms with Gasteiger partial charge >= 0.3 is 0 Å². The Balaban J connectivity index is 1.39. The van der Waals surface area contributed by atoms with E-state index in [-0.39, 0.29) is 5.91 Å². The van der Waals surface area contributed by atoms with Crippen LogP contribution in [0.3, 0.4) is 0 Å². The number of hydrogen-bond acceptors (Lipinski definition) is 4. The minimum Gasteiger partial charge on any atom is -0.457 e. The lowest BCUT2D eigenvalue weighted by Crippen LogP contribution is -2.44. The highest BCUT2D eigenvalue weighted by Crippen LogP contribution is 2.34. The first kappa shape index (κ1) is 22.7. The van der Waals surface area contributed by atoms with E-state index >= 15 is 0 Å². The SMILES string of the molecule is CN1CCN(c2ccc(NC(=O)/C=C/c3ccc(-c4cccc(Cl)c4Cl)o3)cc2Cl)CC1. The molecule has 0 atom stereocenters. The number of halogens is 3. The molecule has 1 aromatic heterocycles. The molecular weight excluding hydrogens is 469 g/mol. The number of furan rings is 1. The first-order chi connectivity index (χ1) is 15.4. The van der Waals surface area contributed by atoms with E-state index in [1.165, 1.54) is 6.08 Å². The second-order valence-corrected chi connectivity index (χ2v) is 8.77. The Labute approximate surface area is 202 Å². The number of piperazine rings is 1. The van der Waals surface area contributed by atoms with Crippen molar-refractivity contribution >= 4 is 58.2 Å². The van der Waals surface area contributed by atoms with Crippen molar-refractivity contribution in [2.75, 3.05) is 43.4 Å². The molecule has 2 aromatic carbocycles. The summed E-state index contributed by atoms with van der Waals surface area (Å²) in [7, 11) is 2.11. The minimum absolute atomic E-state index is 0.285. The molecular formula is C24H22Cl3N3O2. The lowest BCUT2D eigenvalue weighted by molar-refractivity contribution is -0.111. The molecule has 0 saturated carbocycles. The molecule has 4 rings (SSSR count). The fourth-order valence-electron chi connectivity index (χ4n) is 3.51. The van der Waals surface area contributed by atoms with Crippen LogP contribution in [0.15, 0.2) is 59.0 Å². The number of nitrogens with one attached hydrogen (secondary N) is 1. The Hall–Kier alpha value is -2.44. The Kier molecular flexibility index (Phi) is 7.11. The normalized spacial score (nSPS) is 14.8. The number of amides is 1. The summed E-state index contributed by atoms with van der Waals surface area (Å²) in [5.74, 6) is 0.811. The second kappa shape index (κ2) is 10.0. The van der Waals surface area contributed by atoms with Crippen LogP contribution >= 0.6 is 34.8 Å². The molecule has 5 nitrogen and oxygen atoms in total. The van der Waals surface area contributed by atoms with Crippen LogP contribution in [0.1, 0.15) is 5.76 Å². The summed E-state index contributed by atoms with van der Waals surface area (Å²) < 4.78 is 5.78. The molecule has 1 amide bonds. The van der Waals surface area contributed by atoms with Crippen LogP contribution in [-0.4, -0.2) is 44.0 Å². The van der Waals surface area contributed by atoms with Gasteiger partial charge in [0.05, 0.1) is 20.8 Å². The molecule has 0 radical (unpaired) electrons. The first-order valence-corrected chi connectivity index (χ1v) is 11.3. The Morgan fingerprint density at radius 3 is 2.53 bits per heavy atom. The molecule has 0 aliphatic carbocycles. The van der Waals surface area contributed by atoms with E-state index in [4.69, 9.17) is 39.2 Å². The summed E-state index contributed by atoms with van der Waals surface area (Å²) in [6, 6.07) is 14.5. The maximum absolute atomic E-state index is 12.4. The molecule has 32 heavy (non-hydrogen) atoms. The van der Waals surface area contributed by atoms with E-state index in [1.807, 2.05) is 18.2 Å². The summed E-state index contributed by atoms with van der Waals surface area (Å²) in [4.78, 5) is 16.9. The number of anilines is 2. The number of likely N-dealkylation sites (N-methyl/N-ethyl adjacent to an activating group) is 1. The quantitative estimate of drug-likeness (QED) is 0.426. The Morgan fingerprint density at radius 2 is 1.78 bits per heavy atom. The zero-order valence-electron chi connectivity index (χ0n) is 17.4. The third kappa shape index (κ3) is 5.30. The van der Waals surface area contributed by atoms with Crippen LogP contribution in [0, 0.1) is 0 Å². The topological polar surface area (TPSA) is 48.7 Å². The molecule has 8 heteroatoms. The van der Waals surface area contributed by atoms with Crippen LogP contribution in [-0.2, 0) is 4.79 Å². The maximum atomic E-state index is 12.4. The van der Waals surface area contributed by atoms with Crippen molar-refractivity contribution in [3.8, 4) is 11.3 Å². The van der Waals surface area contributed by atoms with Gasteiger partial charge in [-0.2, -0.15) is 0 Å². The lowest BCUT2D eigenvalue weighted by Gasteiger charge is -2.34. The second-order valence-electron chi connectivity index (χ2n) is 7.58. The molecule has 2 heterocycles. The fourth-order valence-corrected chi connectivity index (χ4v) is 4.21. The summed E-state index contributed by atoms with van der Waals surface area (Å²) in [6.07, 6.45) is 3.00. The molecule has 3 aromatic rings. The van der Waals surface area contributed by atoms with Crippen molar-refractivity contribution in [2.24, 2.45) is 0 Å². The number of benzene rings is 2. The molecule has 1 aliphatic heterocycles. The highest BCUT2D eigenvalue weighted by Gasteiger charge is 2.17. The van der Waals surface area contributed by atoms with Crippen LogP contribution in [0.2, 0.25) is 15.1 Å². The first-order valence-electron chi connectivity index (χ1n) is 10.2. The predicted molar refractivity (Wildman–Crippen MR) is 133 cm³/mol. The number of hydrogen-bond donors (Lipinski definition) is 1. The van der Waals surface area contributed by atoms with Gasteiger partial charge in [-0.05, 0) is 55.6 Å². The van der Waals surface area contributed by atoms with Crippen LogP contribution < -0.4 is 10.2 Å². The van der Waals surface area contributed by atoms with Gasteiger partial charge in [0.25, 0.3) is 0 Å². The van der Waals surface area contributed by atoms with E-state index in [1.54, 1.807) is 36.4 Å². The van der Waals surface area contributed by atoms with E-state index in [0.29, 0.717) is 37.8 Å². The van der Waals surface area contributed by atoms with Gasteiger partial charge in [0.1, 0.15) is 11.5 Å². The van der Waals surface area contributed by atoms with Crippen molar-refractivity contribution in [3.05, 3.63) is 75.4 Å². The molecule has 1 aliphatic rings. The van der Waals surface area contributed by atoms with Gasteiger partial charge in [0, 0.05) is 43.5 Å². The maximum Gasteiger partial charge on any atom is 0.248 e. The van der Waals surface area contributed by atoms with E-state index in [2.05, 4.69) is 22.2 Å². The van der Waals surface area contributed by atoms with Crippen molar-refractivity contribution in [3.63, 3.8) is 0 Å². The third-order valence-electron chi connectivity index (χ3n) is 5.30. The molecule has 0 bridgehead atoms. The van der Waals surface area contributed by atoms with E-state index < -0.39 is 0 Å². The Bertz CT molecular complexity index is 1150. The van der Waals surface area contributed by atoms with Gasteiger partial charge in [0.2, 0.25) is 5.91 Å². The lowest BCUT2D eigenvalue weighted by atomic mass is 10.2.